The van der Waals surface area contributed by atoms with E-state index in [-0.39, 0.29) is 6.10 Å². The lowest BCUT2D eigenvalue weighted by molar-refractivity contribution is 0.240. The molecule has 0 aromatic heterocycles. The Morgan fingerprint density at radius 3 is 2.40 bits per heavy atom. The fourth-order valence-corrected chi connectivity index (χ4v) is 3.52. The van der Waals surface area contributed by atoms with Crippen molar-refractivity contribution < 1.29 is 13.2 Å². The fourth-order valence-electron chi connectivity index (χ4n) is 2.89. The van der Waals surface area contributed by atoms with Crippen LogP contribution in [0.3, 0.4) is 0 Å². The number of nitrogens with one attached hydrogen (secondary N) is 2. The summed E-state index contributed by atoms with van der Waals surface area (Å²) in [5.74, 6) is 1.61. The molecule has 2 N–H and O–H groups in total. The molecule has 0 aliphatic rings. The van der Waals surface area contributed by atoms with Gasteiger partial charge in [0.05, 0.1) is 17.5 Å². The molecule has 0 heterocycles. The van der Waals surface area contributed by atoms with Gasteiger partial charge >= 0.3 is 0 Å². The van der Waals surface area contributed by atoms with Gasteiger partial charge in [-0.25, -0.2) is 13.4 Å². The summed E-state index contributed by atoms with van der Waals surface area (Å²) in [6, 6.07) is 13.2. The molecule has 0 saturated carbocycles. The highest BCUT2D eigenvalue weighted by Crippen LogP contribution is 2.22. The average Bonchev–Trinajstić information content (AvgIpc) is 2.66. The Labute approximate surface area is 180 Å². The summed E-state index contributed by atoms with van der Waals surface area (Å²) < 4.78 is 29.1. The van der Waals surface area contributed by atoms with Crippen LogP contribution < -0.4 is 15.4 Å². The number of hydrogen-bond donors (Lipinski definition) is 2. The molecule has 0 radical (unpaired) electrons. The van der Waals surface area contributed by atoms with Gasteiger partial charge in [0.1, 0.15) is 5.75 Å². The maximum atomic E-state index is 11.6. The van der Waals surface area contributed by atoms with Crippen LogP contribution in [-0.2, 0) is 22.8 Å². The van der Waals surface area contributed by atoms with Gasteiger partial charge in [0.2, 0.25) is 0 Å². The number of aryl methyl sites for hydroxylation is 1. The van der Waals surface area contributed by atoms with Crippen molar-refractivity contribution in [1.82, 2.24) is 10.6 Å². The predicted octanol–water partition coefficient (Wildman–Crippen LogP) is 3.48. The fraction of sp³-hybridized carbons (Fsp3) is 0.435. The minimum absolute atomic E-state index is 0.106. The molecule has 2 aromatic rings. The molecule has 164 valence electrons. The van der Waals surface area contributed by atoms with E-state index in [0.717, 1.165) is 41.4 Å². The van der Waals surface area contributed by atoms with Gasteiger partial charge in [0.15, 0.2) is 15.8 Å². The van der Waals surface area contributed by atoms with Crippen molar-refractivity contribution in [3.05, 3.63) is 59.2 Å². The first-order valence-corrected chi connectivity index (χ1v) is 12.2. The van der Waals surface area contributed by atoms with E-state index in [1.54, 1.807) is 12.1 Å². The van der Waals surface area contributed by atoms with Crippen LogP contribution in [0.5, 0.6) is 5.75 Å². The molecular weight excluding hydrogens is 398 g/mol. The molecule has 0 saturated heterocycles. The highest BCUT2D eigenvalue weighted by atomic mass is 32.2. The SMILES string of the molecule is CCNC(=NCc1ccc(C)cc1OC(C)C)NCCc1ccc(S(C)(=O)=O)cc1. The van der Waals surface area contributed by atoms with E-state index >= 15 is 0 Å². The average molecular weight is 432 g/mol. The Balaban J connectivity index is 2.00. The van der Waals surface area contributed by atoms with Crippen molar-refractivity contribution >= 4 is 15.8 Å². The molecule has 0 amide bonds. The second kappa shape index (κ2) is 11.0. The molecule has 0 aliphatic carbocycles. The van der Waals surface area contributed by atoms with E-state index in [2.05, 4.69) is 22.8 Å². The van der Waals surface area contributed by atoms with Crippen LogP contribution in [-0.4, -0.2) is 39.8 Å². The first-order chi connectivity index (χ1) is 14.2. The van der Waals surface area contributed by atoms with Gasteiger partial charge < -0.3 is 15.4 Å². The molecule has 0 atom stereocenters. The lowest BCUT2D eigenvalue weighted by Gasteiger charge is -2.15. The van der Waals surface area contributed by atoms with Crippen LogP contribution >= 0.6 is 0 Å². The Morgan fingerprint density at radius 2 is 1.80 bits per heavy atom. The Morgan fingerprint density at radius 1 is 1.10 bits per heavy atom. The van der Waals surface area contributed by atoms with Crippen LogP contribution in [0.4, 0.5) is 0 Å². The van der Waals surface area contributed by atoms with E-state index in [1.165, 1.54) is 6.26 Å². The van der Waals surface area contributed by atoms with Crippen molar-refractivity contribution in [3.8, 4) is 5.75 Å². The van der Waals surface area contributed by atoms with Gasteiger partial charge in [-0.05, 0) is 63.4 Å². The molecule has 0 fully saturated rings. The number of hydrogen-bond acceptors (Lipinski definition) is 4. The second-order valence-corrected chi connectivity index (χ2v) is 9.58. The smallest absolute Gasteiger partial charge is 0.191 e. The quantitative estimate of drug-likeness (QED) is 0.469. The number of aliphatic imine (C=N–C) groups is 1. The summed E-state index contributed by atoms with van der Waals surface area (Å²) in [6.45, 7) is 10.1. The molecule has 6 nitrogen and oxygen atoms in total. The predicted molar refractivity (Wildman–Crippen MR) is 123 cm³/mol. The first-order valence-electron chi connectivity index (χ1n) is 10.3. The second-order valence-electron chi connectivity index (χ2n) is 7.57. The zero-order valence-electron chi connectivity index (χ0n) is 18.5. The van der Waals surface area contributed by atoms with Gasteiger partial charge in [-0.2, -0.15) is 0 Å². The zero-order valence-corrected chi connectivity index (χ0v) is 19.3. The lowest BCUT2D eigenvalue weighted by Crippen LogP contribution is -2.38. The zero-order chi connectivity index (χ0) is 22.1. The summed E-state index contributed by atoms with van der Waals surface area (Å²) in [4.78, 5) is 5.03. The summed E-state index contributed by atoms with van der Waals surface area (Å²) >= 11 is 0. The van der Waals surface area contributed by atoms with Crippen molar-refractivity contribution in [2.45, 2.75) is 51.7 Å². The van der Waals surface area contributed by atoms with E-state index in [4.69, 9.17) is 9.73 Å². The minimum Gasteiger partial charge on any atom is -0.491 e. The van der Waals surface area contributed by atoms with Crippen molar-refractivity contribution in [1.29, 1.82) is 0 Å². The highest BCUT2D eigenvalue weighted by Gasteiger charge is 2.08. The summed E-state index contributed by atoms with van der Waals surface area (Å²) in [6.07, 6.45) is 2.09. The molecule has 30 heavy (non-hydrogen) atoms. The Hall–Kier alpha value is -2.54. The molecule has 2 rings (SSSR count). The van der Waals surface area contributed by atoms with Gasteiger partial charge in [-0.3, -0.25) is 0 Å². The maximum Gasteiger partial charge on any atom is 0.191 e. The number of guanidine groups is 1. The Bertz CT molecular complexity index is 952. The minimum atomic E-state index is -3.16. The van der Waals surface area contributed by atoms with E-state index in [0.29, 0.717) is 18.0 Å². The van der Waals surface area contributed by atoms with Gasteiger partial charge in [-0.15, -0.1) is 0 Å². The molecule has 0 spiro atoms. The van der Waals surface area contributed by atoms with Crippen molar-refractivity contribution in [2.75, 3.05) is 19.3 Å². The van der Waals surface area contributed by atoms with E-state index in [1.807, 2.05) is 45.9 Å². The van der Waals surface area contributed by atoms with Crippen molar-refractivity contribution in [3.63, 3.8) is 0 Å². The van der Waals surface area contributed by atoms with Gasteiger partial charge in [-0.1, -0.05) is 24.3 Å². The topological polar surface area (TPSA) is 79.8 Å². The van der Waals surface area contributed by atoms with Gasteiger partial charge in [0.25, 0.3) is 0 Å². The standard InChI is InChI=1S/C23H33N3O3S/c1-6-24-23(25-14-13-19-8-11-21(12-9-19)30(5,27)28)26-16-20-10-7-18(4)15-22(20)29-17(2)3/h7-12,15,17H,6,13-14,16H2,1-5H3,(H2,24,25,26). The molecular formula is C23H33N3O3S. The maximum absolute atomic E-state index is 11.6. The first kappa shape index (κ1) is 23.7. The van der Waals surface area contributed by atoms with Crippen LogP contribution in [0.1, 0.15) is 37.5 Å². The van der Waals surface area contributed by atoms with Gasteiger partial charge in [0, 0.05) is 24.9 Å². The summed E-state index contributed by atoms with van der Waals surface area (Å²) in [5, 5.41) is 6.59. The van der Waals surface area contributed by atoms with E-state index < -0.39 is 9.84 Å². The third-order valence-electron chi connectivity index (χ3n) is 4.39. The monoisotopic (exact) mass is 431 g/mol. The lowest BCUT2D eigenvalue weighted by atomic mass is 10.1. The largest absolute Gasteiger partial charge is 0.491 e. The molecule has 0 unspecified atom stereocenters. The molecule has 2 aromatic carbocycles. The number of rotatable bonds is 9. The summed E-state index contributed by atoms with van der Waals surface area (Å²) in [7, 11) is -3.16. The van der Waals surface area contributed by atoms with Crippen LogP contribution in [0.2, 0.25) is 0 Å². The number of nitrogens with zero attached hydrogens (tertiary/aromatic N) is 1. The molecule has 0 aliphatic heterocycles. The normalized spacial score (nSPS) is 12.1. The number of sulfone groups is 1. The number of ether oxygens (including phenoxy) is 1. The number of benzene rings is 2. The third kappa shape index (κ3) is 7.71. The van der Waals surface area contributed by atoms with Crippen molar-refractivity contribution in [2.24, 2.45) is 4.99 Å². The van der Waals surface area contributed by atoms with E-state index in [9.17, 15) is 8.42 Å². The Kier molecular flexibility index (Phi) is 8.72. The molecule has 0 bridgehead atoms. The van der Waals surface area contributed by atoms with Crippen LogP contribution in [0, 0.1) is 6.92 Å². The van der Waals surface area contributed by atoms with Crippen LogP contribution in [0.25, 0.3) is 0 Å². The van der Waals surface area contributed by atoms with Crippen LogP contribution in [0.15, 0.2) is 52.4 Å². The summed E-state index contributed by atoms with van der Waals surface area (Å²) in [5.41, 5.74) is 3.27. The highest BCUT2D eigenvalue weighted by molar-refractivity contribution is 7.90. The molecule has 7 heteroatoms. The third-order valence-corrected chi connectivity index (χ3v) is 5.52.